The van der Waals surface area contributed by atoms with Crippen LogP contribution in [0.15, 0.2) is 46.1 Å². The number of ether oxygens (including phenoxy) is 1. The molecule has 0 spiro atoms. The number of allylic oxidation sites excluding steroid dienone is 3. The maximum Gasteiger partial charge on any atom is 0.306 e. The molecule has 0 saturated heterocycles. The topological polar surface area (TPSA) is 92.8 Å². The molecule has 4 fully saturated rings. The number of fused-ring (bicyclic) bond motifs is 1. The number of aliphatic hydroxyl groups is 2. The lowest BCUT2D eigenvalue weighted by Gasteiger charge is -2.42. The van der Waals surface area contributed by atoms with E-state index in [4.69, 9.17) is 9.15 Å². The van der Waals surface area contributed by atoms with E-state index in [1.165, 1.54) is 31.3 Å². The maximum atomic E-state index is 12.6. The minimum Gasteiger partial charge on any atom is -0.461 e. The highest BCUT2D eigenvalue weighted by Gasteiger charge is 2.56. The van der Waals surface area contributed by atoms with E-state index in [1.807, 2.05) is 13.8 Å². The molecular formula is C34H49NO5. The summed E-state index contributed by atoms with van der Waals surface area (Å²) in [4.78, 5) is 17.1. The quantitative estimate of drug-likeness (QED) is 0.303. The predicted octanol–water partition coefficient (Wildman–Crippen LogP) is 7.04. The Morgan fingerprint density at radius 2 is 2.08 bits per heavy atom. The highest BCUT2D eigenvalue weighted by atomic mass is 16.5. The van der Waals surface area contributed by atoms with Gasteiger partial charge in [0.2, 0.25) is 5.89 Å². The molecule has 4 unspecified atom stereocenters. The van der Waals surface area contributed by atoms with Gasteiger partial charge >= 0.3 is 5.97 Å². The van der Waals surface area contributed by atoms with Gasteiger partial charge in [-0.25, -0.2) is 4.98 Å². The van der Waals surface area contributed by atoms with E-state index in [0.29, 0.717) is 31.1 Å². The number of aliphatic hydroxyl groups excluding tert-OH is 2. The second-order valence-corrected chi connectivity index (χ2v) is 13.3. The first-order chi connectivity index (χ1) is 19.2. The molecule has 6 atom stereocenters. The number of hydrogen-bond donors (Lipinski definition) is 2. The lowest BCUT2D eigenvalue weighted by molar-refractivity contribution is -0.151. The van der Waals surface area contributed by atoms with E-state index in [-0.39, 0.29) is 22.9 Å². The van der Waals surface area contributed by atoms with Crippen molar-refractivity contribution in [2.45, 2.75) is 134 Å². The second kappa shape index (κ2) is 12.0. The smallest absolute Gasteiger partial charge is 0.306 e. The summed E-state index contributed by atoms with van der Waals surface area (Å²) in [5.74, 6) is 2.68. The molecule has 0 radical (unpaired) electrons. The van der Waals surface area contributed by atoms with Gasteiger partial charge in [-0.3, -0.25) is 4.79 Å². The Bertz CT molecular complexity index is 1140. The summed E-state index contributed by atoms with van der Waals surface area (Å²) < 4.78 is 12.1. The number of carbonyl (C=O) groups is 1. The van der Waals surface area contributed by atoms with Crippen molar-refractivity contribution in [2.75, 3.05) is 0 Å². The third-order valence-corrected chi connectivity index (χ3v) is 10.6. The number of hydrogen-bond acceptors (Lipinski definition) is 6. The highest BCUT2D eigenvalue weighted by molar-refractivity contribution is 5.69. The zero-order chi connectivity index (χ0) is 28.5. The number of esters is 1. The molecule has 5 rings (SSSR count). The Balaban J connectivity index is 1.24. The Labute approximate surface area is 240 Å². The van der Waals surface area contributed by atoms with Gasteiger partial charge in [-0.15, -0.1) is 0 Å². The van der Waals surface area contributed by atoms with Crippen LogP contribution in [0.2, 0.25) is 0 Å². The fourth-order valence-electron chi connectivity index (χ4n) is 8.10. The van der Waals surface area contributed by atoms with E-state index in [0.717, 1.165) is 67.7 Å². The molecule has 40 heavy (non-hydrogen) atoms. The minimum atomic E-state index is -0.645. The fraction of sp³-hybridized carbons (Fsp3) is 0.706. The molecule has 0 amide bonds. The molecule has 4 aliphatic carbocycles. The van der Waals surface area contributed by atoms with Crippen LogP contribution in [0.4, 0.5) is 0 Å². The summed E-state index contributed by atoms with van der Waals surface area (Å²) in [6, 6.07) is 0. The molecule has 0 aromatic carbocycles. The third-order valence-electron chi connectivity index (χ3n) is 10.6. The van der Waals surface area contributed by atoms with E-state index in [9.17, 15) is 15.0 Å². The first-order valence-electron chi connectivity index (χ1n) is 15.7. The molecule has 4 aliphatic rings. The number of nitrogens with zero attached hydrogens (tertiary/aromatic N) is 1. The van der Waals surface area contributed by atoms with Gasteiger partial charge in [0, 0.05) is 12.8 Å². The number of rotatable bonds is 10. The molecule has 2 N–H and O–H groups in total. The van der Waals surface area contributed by atoms with Crippen LogP contribution in [0.5, 0.6) is 0 Å². The summed E-state index contributed by atoms with van der Waals surface area (Å²) in [6.07, 6.45) is 18.1. The van der Waals surface area contributed by atoms with Crippen LogP contribution in [-0.2, 0) is 14.9 Å². The van der Waals surface area contributed by atoms with Crippen molar-refractivity contribution in [2.24, 2.45) is 17.3 Å². The molecule has 1 aromatic heterocycles. The minimum absolute atomic E-state index is 0.105. The van der Waals surface area contributed by atoms with Crippen LogP contribution in [0.25, 0.3) is 0 Å². The van der Waals surface area contributed by atoms with Gasteiger partial charge in [0.25, 0.3) is 0 Å². The second-order valence-electron chi connectivity index (χ2n) is 13.3. The van der Waals surface area contributed by atoms with Crippen LogP contribution in [0, 0.1) is 24.2 Å². The van der Waals surface area contributed by atoms with Crippen molar-refractivity contribution in [1.82, 2.24) is 4.98 Å². The summed E-state index contributed by atoms with van der Waals surface area (Å²) >= 11 is 0. The van der Waals surface area contributed by atoms with Crippen LogP contribution in [0.1, 0.15) is 115 Å². The zero-order valence-electron chi connectivity index (χ0n) is 24.8. The maximum absolute atomic E-state index is 12.6. The fourth-order valence-corrected chi connectivity index (χ4v) is 8.10. The Morgan fingerprint density at radius 1 is 1.27 bits per heavy atom. The van der Waals surface area contributed by atoms with Gasteiger partial charge in [-0.2, -0.15) is 0 Å². The number of aryl methyl sites for hydroxylation is 1. The van der Waals surface area contributed by atoms with Crippen molar-refractivity contribution < 1.29 is 24.2 Å². The number of carbonyl (C=O) groups excluding carboxylic acids is 1. The first-order valence-corrected chi connectivity index (χ1v) is 15.7. The Morgan fingerprint density at radius 3 is 2.77 bits per heavy atom. The van der Waals surface area contributed by atoms with Crippen molar-refractivity contribution >= 4 is 5.97 Å². The van der Waals surface area contributed by atoms with E-state index in [2.05, 4.69) is 30.6 Å². The molecule has 0 bridgehead atoms. The highest BCUT2D eigenvalue weighted by Crippen LogP contribution is 2.59. The van der Waals surface area contributed by atoms with Gasteiger partial charge in [0.1, 0.15) is 11.9 Å². The lowest BCUT2D eigenvalue weighted by atomic mass is 9.62. The third kappa shape index (κ3) is 5.90. The normalized spacial score (nSPS) is 34.2. The largest absolute Gasteiger partial charge is 0.461 e. The van der Waals surface area contributed by atoms with Crippen molar-refractivity contribution in [3.8, 4) is 0 Å². The Kier molecular flexibility index (Phi) is 8.77. The number of oxazole rings is 1. The molecule has 6 nitrogen and oxygen atoms in total. The molecule has 220 valence electrons. The van der Waals surface area contributed by atoms with Gasteiger partial charge in [0.15, 0.2) is 0 Å². The van der Waals surface area contributed by atoms with E-state index < -0.39 is 12.2 Å². The van der Waals surface area contributed by atoms with Gasteiger partial charge in [0.05, 0.1) is 23.8 Å². The molecule has 1 aromatic rings. The molecule has 0 aliphatic heterocycles. The van der Waals surface area contributed by atoms with Crippen LogP contribution in [0.3, 0.4) is 0 Å². The van der Waals surface area contributed by atoms with Gasteiger partial charge in [-0.05, 0) is 112 Å². The standard InChI is InChI=1S/C34H49NO5/c1-5-8-31(38)40-30(34(17-18-34)32-35-21-22(2)39-32)11-6-10-26-14-15-28-24(9-7-16-33(26,28)4)12-13-25-19-27(36)20-29(37)23(25)3/h12-13,21,26-30,36-37H,3,5-11,14-20H2,1-2,4H3/b24-12+,25-13-/t26?,27-,28?,29+,30?,33?/m1/s1. The van der Waals surface area contributed by atoms with E-state index >= 15 is 0 Å². The predicted molar refractivity (Wildman–Crippen MR) is 156 cm³/mol. The summed E-state index contributed by atoms with van der Waals surface area (Å²) in [5, 5.41) is 20.4. The average molecular weight is 552 g/mol. The summed E-state index contributed by atoms with van der Waals surface area (Å²) in [7, 11) is 0. The van der Waals surface area contributed by atoms with Crippen LogP contribution >= 0.6 is 0 Å². The van der Waals surface area contributed by atoms with Gasteiger partial charge in [-0.1, -0.05) is 38.2 Å². The van der Waals surface area contributed by atoms with Crippen molar-refractivity contribution in [3.05, 3.63) is 53.3 Å². The molecule has 1 heterocycles. The zero-order valence-corrected chi connectivity index (χ0v) is 24.8. The SMILES string of the molecule is C=C1/C(=C\C=C2/CCCC3(C)C(CCCC(OC(=O)CCC)C4(c5ncc(C)o5)CC4)CCC23)C[C@@H](O)C[C@@H]1O. The number of aromatic nitrogens is 1. The molecular weight excluding hydrogens is 502 g/mol. The average Bonchev–Trinajstić information content (AvgIpc) is 3.48. The molecule has 4 saturated carbocycles. The summed E-state index contributed by atoms with van der Waals surface area (Å²) in [5.41, 5.74) is 3.30. The monoisotopic (exact) mass is 551 g/mol. The summed E-state index contributed by atoms with van der Waals surface area (Å²) in [6.45, 7) is 10.5. The lowest BCUT2D eigenvalue weighted by Crippen LogP contribution is -2.34. The molecule has 6 heteroatoms. The Hall–Kier alpha value is -2.18. The van der Waals surface area contributed by atoms with Gasteiger partial charge < -0.3 is 19.4 Å². The van der Waals surface area contributed by atoms with Crippen LogP contribution in [-0.4, -0.2) is 39.5 Å². The first kappa shape index (κ1) is 29.3. The van der Waals surface area contributed by atoms with Crippen molar-refractivity contribution in [3.63, 3.8) is 0 Å². The van der Waals surface area contributed by atoms with E-state index in [1.54, 1.807) is 6.20 Å². The van der Waals surface area contributed by atoms with Crippen molar-refractivity contribution in [1.29, 1.82) is 0 Å². The van der Waals surface area contributed by atoms with Crippen LogP contribution < -0.4 is 0 Å².